The maximum Gasteiger partial charge on any atom is 0.435 e. The van der Waals surface area contributed by atoms with Crippen molar-refractivity contribution in [1.29, 1.82) is 0 Å². The van der Waals surface area contributed by atoms with Crippen molar-refractivity contribution < 1.29 is 23.1 Å². The van der Waals surface area contributed by atoms with E-state index in [9.17, 15) is 23.1 Å². The first-order valence-corrected chi connectivity index (χ1v) is 8.04. The van der Waals surface area contributed by atoms with E-state index >= 15 is 0 Å². The summed E-state index contributed by atoms with van der Waals surface area (Å²) in [5.74, 6) is -0.574. The Hall–Kier alpha value is -2.06. The van der Waals surface area contributed by atoms with E-state index in [1.165, 1.54) is 17.0 Å². The van der Waals surface area contributed by atoms with Gasteiger partial charge in [0.1, 0.15) is 5.69 Å². The highest BCUT2D eigenvalue weighted by Gasteiger charge is 2.37. The molecule has 0 atom stereocenters. The molecular formula is C16H15ClF3N3O2. The fraction of sp³-hybridized carbons (Fsp3) is 0.375. The second-order valence-electron chi connectivity index (χ2n) is 5.80. The fourth-order valence-corrected chi connectivity index (χ4v) is 2.93. The van der Waals surface area contributed by atoms with Crippen molar-refractivity contribution >= 4 is 17.5 Å². The quantitative estimate of drug-likeness (QED) is 0.879. The van der Waals surface area contributed by atoms with Crippen molar-refractivity contribution in [2.75, 3.05) is 13.1 Å². The molecule has 0 bridgehead atoms. The average Bonchev–Trinajstić information content (AvgIpc) is 3.00. The standard InChI is InChI=1S/C16H15ClF3N3O2/c17-11-3-1-2-4-12(11)23-13(9-14(21-23)16(18,19)20)15(25)22-7-5-10(24)6-8-22/h1-4,9-10,24H,5-8H2. The lowest BCUT2D eigenvalue weighted by atomic mass is 10.1. The van der Waals surface area contributed by atoms with Crippen molar-refractivity contribution in [2.24, 2.45) is 0 Å². The van der Waals surface area contributed by atoms with Crippen LogP contribution in [-0.2, 0) is 6.18 Å². The molecule has 1 aliphatic heterocycles. The largest absolute Gasteiger partial charge is 0.435 e. The van der Waals surface area contributed by atoms with E-state index in [0.29, 0.717) is 12.8 Å². The number of alkyl halides is 3. The van der Waals surface area contributed by atoms with Crippen LogP contribution >= 0.6 is 11.6 Å². The Kier molecular flexibility index (Phi) is 4.75. The number of aliphatic hydroxyl groups is 1. The zero-order chi connectivity index (χ0) is 18.2. The number of nitrogens with zero attached hydrogens (tertiary/aromatic N) is 3. The predicted octanol–water partition coefficient (Wildman–Crippen LogP) is 3.14. The minimum absolute atomic E-state index is 0.183. The van der Waals surface area contributed by atoms with E-state index in [2.05, 4.69) is 5.10 Å². The molecule has 0 aliphatic carbocycles. The summed E-state index contributed by atoms with van der Waals surface area (Å²) in [4.78, 5) is 14.1. The lowest BCUT2D eigenvalue weighted by molar-refractivity contribution is -0.141. The Morgan fingerprint density at radius 2 is 1.88 bits per heavy atom. The van der Waals surface area contributed by atoms with Gasteiger partial charge in [-0.05, 0) is 25.0 Å². The van der Waals surface area contributed by atoms with Gasteiger partial charge in [-0.2, -0.15) is 18.3 Å². The summed E-state index contributed by atoms with van der Waals surface area (Å²) in [6.45, 7) is 0.546. The number of para-hydroxylation sites is 1. The fourth-order valence-electron chi connectivity index (χ4n) is 2.71. The Labute approximate surface area is 146 Å². The molecule has 1 saturated heterocycles. The summed E-state index contributed by atoms with van der Waals surface area (Å²) in [7, 11) is 0. The highest BCUT2D eigenvalue weighted by Crippen LogP contribution is 2.31. The number of hydrogen-bond donors (Lipinski definition) is 1. The second kappa shape index (κ2) is 6.68. The molecule has 5 nitrogen and oxygen atoms in total. The van der Waals surface area contributed by atoms with E-state index in [0.717, 1.165) is 10.7 Å². The third-order valence-corrected chi connectivity index (χ3v) is 4.37. The Morgan fingerprint density at radius 3 is 2.48 bits per heavy atom. The van der Waals surface area contributed by atoms with Gasteiger partial charge in [0.05, 0.1) is 16.8 Å². The number of benzene rings is 1. The molecule has 1 aromatic carbocycles. The zero-order valence-corrected chi connectivity index (χ0v) is 13.8. The number of likely N-dealkylation sites (tertiary alicyclic amines) is 1. The Morgan fingerprint density at radius 1 is 1.24 bits per heavy atom. The first-order valence-electron chi connectivity index (χ1n) is 7.67. The summed E-state index contributed by atoms with van der Waals surface area (Å²) in [5, 5.41) is 13.3. The van der Waals surface area contributed by atoms with Crippen LogP contribution in [-0.4, -0.2) is 44.9 Å². The van der Waals surface area contributed by atoms with Crippen molar-refractivity contribution in [3.8, 4) is 5.69 Å². The number of halogens is 4. The molecule has 0 radical (unpaired) electrons. The SMILES string of the molecule is O=C(c1cc(C(F)(F)F)nn1-c1ccccc1Cl)N1CCC(O)CC1. The summed E-state index contributed by atoms with van der Waals surface area (Å²) in [5.41, 5.74) is -1.18. The zero-order valence-electron chi connectivity index (χ0n) is 13.0. The summed E-state index contributed by atoms with van der Waals surface area (Å²) in [6.07, 6.45) is -4.40. The molecule has 134 valence electrons. The van der Waals surface area contributed by atoms with Crippen LogP contribution in [0.15, 0.2) is 30.3 Å². The summed E-state index contributed by atoms with van der Waals surface area (Å²) in [6, 6.07) is 6.97. The van der Waals surface area contributed by atoms with Crippen molar-refractivity contribution in [3.05, 3.63) is 46.7 Å². The second-order valence-corrected chi connectivity index (χ2v) is 6.21. The molecule has 0 saturated carbocycles. The summed E-state index contributed by atoms with van der Waals surface area (Å²) < 4.78 is 40.2. The third-order valence-electron chi connectivity index (χ3n) is 4.05. The van der Waals surface area contributed by atoms with Crippen LogP contribution in [0.5, 0.6) is 0 Å². The molecule has 0 unspecified atom stereocenters. The number of rotatable bonds is 2. The van der Waals surface area contributed by atoms with Gasteiger partial charge in [-0.15, -0.1) is 0 Å². The van der Waals surface area contributed by atoms with E-state index in [-0.39, 0.29) is 29.5 Å². The molecule has 9 heteroatoms. The molecule has 1 fully saturated rings. The van der Waals surface area contributed by atoms with E-state index < -0.39 is 23.9 Å². The number of amides is 1. The van der Waals surface area contributed by atoms with Gasteiger partial charge in [-0.1, -0.05) is 23.7 Å². The smallest absolute Gasteiger partial charge is 0.393 e. The number of hydrogen-bond acceptors (Lipinski definition) is 3. The maximum atomic E-state index is 13.1. The molecule has 1 N–H and O–H groups in total. The van der Waals surface area contributed by atoms with Crippen LogP contribution in [0.25, 0.3) is 5.69 Å². The number of carbonyl (C=O) groups is 1. The molecule has 0 spiro atoms. The molecule has 1 aromatic heterocycles. The lowest BCUT2D eigenvalue weighted by Gasteiger charge is -2.29. The maximum absolute atomic E-state index is 13.1. The molecule has 2 heterocycles. The van der Waals surface area contributed by atoms with Gasteiger partial charge >= 0.3 is 6.18 Å². The number of piperidine rings is 1. The monoisotopic (exact) mass is 373 g/mol. The van der Waals surface area contributed by atoms with Crippen LogP contribution in [0.4, 0.5) is 13.2 Å². The van der Waals surface area contributed by atoms with Crippen LogP contribution in [0.3, 0.4) is 0 Å². The lowest BCUT2D eigenvalue weighted by Crippen LogP contribution is -2.40. The Balaban J connectivity index is 2.04. The molecular weight excluding hydrogens is 359 g/mol. The van der Waals surface area contributed by atoms with Crippen LogP contribution in [0.2, 0.25) is 5.02 Å². The molecule has 1 aliphatic rings. The van der Waals surface area contributed by atoms with Crippen LogP contribution in [0, 0.1) is 0 Å². The first-order chi connectivity index (χ1) is 11.8. The predicted molar refractivity (Wildman–Crippen MR) is 84.7 cm³/mol. The number of carbonyl (C=O) groups excluding carboxylic acids is 1. The highest BCUT2D eigenvalue weighted by atomic mass is 35.5. The van der Waals surface area contributed by atoms with E-state index in [1.807, 2.05) is 0 Å². The molecule has 3 rings (SSSR count). The summed E-state index contributed by atoms with van der Waals surface area (Å²) >= 11 is 6.06. The van der Waals surface area contributed by atoms with Crippen molar-refractivity contribution in [1.82, 2.24) is 14.7 Å². The molecule has 2 aromatic rings. The van der Waals surface area contributed by atoms with Crippen LogP contribution in [0.1, 0.15) is 29.0 Å². The van der Waals surface area contributed by atoms with Crippen molar-refractivity contribution in [2.45, 2.75) is 25.1 Å². The normalized spacial score (nSPS) is 16.3. The average molecular weight is 374 g/mol. The number of aliphatic hydroxyl groups excluding tert-OH is 1. The third kappa shape index (κ3) is 3.64. The van der Waals surface area contributed by atoms with Gasteiger partial charge in [-0.3, -0.25) is 4.79 Å². The van der Waals surface area contributed by atoms with Crippen LogP contribution < -0.4 is 0 Å². The molecule has 1 amide bonds. The van der Waals surface area contributed by atoms with Gasteiger partial charge in [-0.25, -0.2) is 4.68 Å². The van der Waals surface area contributed by atoms with Gasteiger partial charge < -0.3 is 10.0 Å². The molecule has 25 heavy (non-hydrogen) atoms. The topological polar surface area (TPSA) is 58.4 Å². The number of aromatic nitrogens is 2. The first kappa shape index (κ1) is 17.8. The van der Waals surface area contributed by atoms with Gasteiger partial charge in [0, 0.05) is 19.2 Å². The van der Waals surface area contributed by atoms with Gasteiger partial charge in [0.2, 0.25) is 0 Å². The van der Waals surface area contributed by atoms with E-state index in [4.69, 9.17) is 11.6 Å². The minimum Gasteiger partial charge on any atom is -0.393 e. The minimum atomic E-state index is -4.68. The van der Waals surface area contributed by atoms with Gasteiger partial charge in [0.25, 0.3) is 5.91 Å². The van der Waals surface area contributed by atoms with E-state index in [1.54, 1.807) is 12.1 Å². The Bertz CT molecular complexity index is 783. The van der Waals surface area contributed by atoms with Crippen molar-refractivity contribution in [3.63, 3.8) is 0 Å². The van der Waals surface area contributed by atoms with Gasteiger partial charge in [0.15, 0.2) is 5.69 Å². The highest BCUT2D eigenvalue weighted by molar-refractivity contribution is 6.32.